The third-order valence-corrected chi connectivity index (χ3v) is 4.79. The molecule has 0 bridgehead atoms. The van der Waals surface area contributed by atoms with Crippen LogP contribution < -0.4 is 16.6 Å². The van der Waals surface area contributed by atoms with Gasteiger partial charge in [-0.15, -0.1) is 0 Å². The first kappa shape index (κ1) is 13.8. The molecule has 0 spiro atoms. The molecule has 0 radical (unpaired) electrons. The summed E-state index contributed by atoms with van der Waals surface area (Å²) in [6.07, 6.45) is 2.72. The van der Waals surface area contributed by atoms with Gasteiger partial charge in [0.2, 0.25) is 0 Å². The lowest BCUT2D eigenvalue weighted by molar-refractivity contribution is 0.0938. The number of hydrogen-bond acceptors (Lipinski definition) is 6. The fraction of sp³-hybridized carbons (Fsp3) is 0.455. The van der Waals surface area contributed by atoms with Crippen molar-refractivity contribution < 1.29 is 13.2 Å². The Labute approximate surface area is 111 Å². The number of nitrogens with zero attached hydrogens (tertiary/aromatic N) is 1. The molecule has 1 atom stereocenters. The molecule has 7 nitrogen and oxygen atoms in total. The van der Waals surface area contributed by atoms with Gasteiger partial charge in [0.05, 0.1) is 11.5 Å². The number of hydrogen-bond donors (Lipinski definition) is 3. The molecule has 1 fully saturated rings. The molecule has 2 rings (SSSR count). The van der Waals surface area contributed by atoms with Gasteiger partial charge in [-0.1, -0.05) is 0 Å². The van der Waals surface area contributed by atoms with E-state index in [1.807, 2.05) is 0 Å². The highest BCUT2D eigenvalue weighted by atomic mass is 32.2. The standard InChI is InChI=1S/C11H16N4O3S/c12-15-10-6-8(3-4-13-10)11(16)14-9-2-1-5-19(17,18)7-9/h3-4,6,9H,1-2,5,7,12H2,(H,13,15)(H,14,16). The number of nitrogens with two attached hydrogens (primary N) is 1. The Bertz CT molecular complexity index is 573. The summed E-state index contributed by atoms with van der Waals surface area (Å²) in [6.45, 7) is 0. The van der Waals surface area contributed by atoms with Crippen LogP contribution in [0, 0.1) is 0 Å². The quantitative estimate of drug-likeness (QED) is 0.517. The van der Waals surface area contributed by atoms with Crippen LogP contribution in [-0.4, -0.2) is 36.9 Å². The summed E-state index contributed by atoms with van der Waals surface area (Å²) >= 11 is 0. The van der Waals surface area contributed by atoms with Crippen molar-refractivity contribution in [2.75, 3.05) is 16.9 Å². The molecular formula is C11H16N4O3S. The van der Waals surface area contributed by atoms with Gasteiger partial charge in [0, 0.05) is 17.8 Å². The van der Waals surface area contributed by atoms with E-state index >= 15 is 0 Å². The third-order valence-electron chi connectivity index (χ3n) is 2.97. The molecule has 1 aliphatic heterocycles. The summed E-state index contributed by atoms with van der Waals surface area (Å²) in [5.41, 5.74) is 2.75. The van der Waals surface area contributed by atoms with Crippen LogP contribution in [0.15, 0.2) is 18.3 Å². The van der Waals surface area contributed by atoms with Crippen molar-refractivity contribution in [1.29, 1.82) is 0 Å². The Morgan fingerprint density at radius 1 is 1.47 bits per heavy atom. The summed E-state index contributed by atoms with van der Waals surface area (Å²) in [5, 5.41) is 2.73. The van der Waals surface area contributed by atoms with Crippen LogP contribution in [0.2, 0.25) is 0 Å². The lowest BCUT2D eigenvalue weighted by atomic mass is 10.1. The first-order valence-electron chi connectivity index (χ1n) is 5.94. The van der Waals surface area contributed by atoms with Crippen molar-refractivity contribution in [2.45, 2.75) is 18.9 Å². The molecule has 0 saturated carbocycles. The van der Waals surface area contributed by atoms with Gasteiger partial charge in [0.15, 0.2) is 9.84 Å². The summed E-state index contributed by atoms with van der Waals surface area (Å²) < 4.78 is 23.0. The molecule has 8 heteroatoms. The number of nitrogen functional groups attached to an aromatic ring is 1. The lowest BCUT2D eigenvalue weighted by Crippen LogP contribution is -2.43. The van der Waals surface area contributed by atoms with Gasteiger partial charge in [-0.2, -0.15) is 0 Å². The highest BCUT2D eigenvalue weighted by Gasteiger charge is 2.26. The van der Waals surface area contributed by atoms with Gasteiger partial charge < -0.3 is 10.7 Å². The Kier molecular flexibility index (Phi) is 4.01. The third kappa shape index (κ3) is 3.65. The number of pyridine rings is 1. The predicted molar refractivity (Wildman–Crippen MR) is 71.2 cm³/mol. The molecule has 1 amide bonds. The van der Waals surface area contributed by atoms with Crippen LogP contribution in [0.1, 0.15) is 23.2 Å². The number of aromatic nitrogens is 1. The molecule has 2 heterocycles. The van der Waals surface area contributed by atoms with Crippen LogP contribution in [-0.2, 0) is 9.84 Å². The smallest absolute Gasteiger partial charge is 0.251 e. The number of nitrogens with one attached hydrogen (secondary N) is 2. The number of amides is 1. The van der Waals surface area contributed by atoms with Crippen LogP contribution in [0.25, 0.3) is 0 Å². The van der Waals surface area contributed by atoms with Crippen LogP contribution in [0.5, 0.6) is 0 Å². The fourth-order valence-corrected chi connectivity index (χ4v) is 3.69. The SMILES string of the molecule is NNc1cc(C(=O)NC2CCCS(=O)(=O)C2)ccn1. The topological polar surface area (TPSA) is 114 Å². The number of carbonyl (C=O) groups excluding carboxylic acids is 1. The highest BCUT2D eigenvalue weighted by molar-refractivity contribution is 7.91. The molecule has 1 aromatic heterocycles. The molecule has 1 aromatic rings. The van der Waals surface area contributed by atoms with Gasteiger partial charge >= 0.3 is 0 Å². The number of carbonyl (C=O) groups is 1. The molecule has 1 aliphatic rings. The van der Waals surface area contributed by atoms with Crippen molar-refractivity contribution in [3.05, 3.63) is 23.9 Å². The maximum absolute atomic E-state index is 12.0. The van der Waals surface area contributed by atoms with Gasteiger partial charge in [-0.25, -0.2) is 19.2 Å². The van der Waals surface area contributed by atoms with Crippen molar-refractivity contribution in [2.24, 2.45) is 5.84 Å². The molecule has 0 aromatic carbocycles. The van der Waals surface area contributed by atoms with Crippen LogP contribution in [0.4, 0.5) is 5.82 Å². The first-order chi connectivity index (χ1) is 9.00. The normalized spacial score (nSPS) is 21.6. The number of hydrazine groups is 1. The maximum atomic E-state index is 12.0. The minimum Gasteiger partial charge on any atom is -0.348 e. The summed E-state index contributed by atoms with van der Waals surface area (Å²) in [7, 11) is -3.03. The number of anilines is 1. The molecule has 4 N–H and O–H groups in total. The number of sulfone groups is 1. The van der Waals surface area contributed by atoms with E-state index in [-0.39, 0.29) is 23.5 Å². The Hall–Kier alpha value is -1.67. The van der Waals surface area contributed by atoms with Gasteiger partial charge in [0.25, 0.3) is 5.91 Å². The predicted octanol–water partition coefficient (Wildman–Crippen LogP) is -0.326. The zero-order valence-corrected chi connectivity index (χ0v) is 11.1. The highest BCUT2D eigenvalue weighted by Crippen LogP contribution is 2.13. The average molecular weight is 284 g/mol. The molecule has 19 heavy (non-hydrogen) atoms. The van der Waals surface area contributed by atoms with E-state index in [1.54, 1.807) is 6.07 Å². The largest absolute Gasteiger partial charge is 0.348 e. The van der Waals surface area contributed by atoms with Gasteiger partial charge in [0.1, 0.15) is 5.82 Å². The van der Waals surface area contributed by atoms with E-state index < -0.39 is 9.84 Å². The minimum absolute atomic E-state index is 0.00577. The summed E-state index contributed by atoms with van der Waals surface area (Å²) in [6, 6.07) is 2.73. The first-order valence-corrected chi connectivity index (χ1v) is 7.76. The average Bonchev–Trinajstić information content (AvgIpc) is 2.37. The Balaban J connectivity index is 2.04. The van der Waals surface area contributed by atoms with Gasteiger partial charge in [-0.3, -0.25) is 4.79 Å². The van der Waals surface area contributed by atoms with Crippen molar-refractivity contribution in [3.63, 3.8) is 0 Å². The monoisotopic (exact) mass is 284 g/mol. The van der Waals surface area contributed by atoms with Gasteiger partial charge in [-0.05, 0) is 25.0 Å². The molecule has 0 aliphatic carbocycles. The molecule has 104 valence electrons. The van der Waals surface area contributed by atoms with E-state index in [0.29, 0.717) is 24.2 Å². The van der Waals surface area contributed by atoms with Crippen LogP contribution in [0.3, 0.4) is 0 Å². The van der Waals surface area contributed by atoms with Crippen molar-refractivity contribution >= 4 is 21.6 Å². The van der Waals surface area contributed by atoms with E-state index in [1.165, 1.54) is 12.3 Å². The van der Waals surface area contributed by atoms with Crippen molar-refractivity contribution in [1.82, 2.24) is 10.3 Å². The van der Waals surface area contributed by atoms with E-state index in [9.17, 15) is 13.2 Å². The maximum Gasteiger partial charge on any atom is 0.251 e. The second kappa shape index (κ2) is 5.54. The van der Waals surface area contributed by atoms with E-state index in [2.05, 4.69) is 15.7 Å². The second-order valence-corrected chi connectivity index (χ2v) is 6.73. The number of rotatable bonds is 3. The Morgan fingerprint density at radius 2 is 2.26 bits per heavy atom. The van der Waals surface area contributed by atoms with Crippen LogP contribution >= 0.6 is 0 Å². The fourth-order valence-electron chi connectivity index (χ4n) is 2.06. The molecular weight excluding hydrogens is 268 g/mol. The molecule has 1 saturated heterocycles. The Morgan fingerprint density at radius 3 is 2.95 bits per heavy atom. The second-order valence-electron chi connectivity index (χ2n) is 4.50. The zero-order chi connectivity index (χ0) is 13.9. The lowest BCUT2D eigenvalue weighted by Gasteiger charge is -2.23. The van der Waals surface area contributed by atoms with E-state index in [4.69, 9.17) is 5.84 Å². The summed E-state index contributed by atoms with van der Waals surface area (Å²) in [5.74, 6) is 5.49. The van der Waals surface area contributed by atoms with E-state index in [0.717, 1.165) is 0 Å². The zero-order valence-electron chi connectivity index (χ0n) is 10.3. The van der Waals surface area contributed by atoms with Crippen molar-refractivity contribution in [3.8, 4) is 0 Å². The minimum atomic E-state index is -3.03. The summed E-state index contributed by atoms with van der Waals surface area (Å²) in [4.78, 5) is 15.9. The molecule has 1 unspecified atom stereocenters.